The molecule has 0 saturated carbocycles. The number of ether oxygens (including phenoxy) is 1. The first kappa shape index (κ1) is 14.8. The fourth-order valence-electron chi connectivity index (χ4n) is 1.55. The van der Waals surface area contributed by atoms with Crippen molar-refractivity contribution in [2.75, 3.05) is 11.9 Å². The van der Waals surface area contributed by atoms with Crippen LogP contribution in [0.25, 0.3) is 0 Å². The quantitative estimate of drug-likeness (QED) is 0.896. The monoisotopic (exact) mass is 354 g/mol. The van der Waals surface area contributed by atoms with Crippen molar-refractivity contribution in [1.29, 1.82) is 0 Å². The number of carbonyl (C=O) groups is 1. The van der Waals surface area contributed by atoms with E-state index in [1.165, 1.54) is 6.20 Å². The highest BCUT2D eigenvalue weighted by molar-refractivity contribution is 9.10. The molecule has 104 valence electrons. The molecule has 1 heterocycles. The number of nitrogens with zero attached hydrogens (tertiary/aromatic N) is 1. The van der Waals surface area contributed by atoms with Crippen LogP contribution in [-0.4, -0.2) is 17.5 Å². The van der Waals surface area contributed by atoms with E-state index in [0.717, 1.165) is 4.47 Å². The summed E-state index contributed by atoms with van der Waals surface area (Å²) in [6.07, 6.45) is 1.48. The second kappa shape index (κ2) is 6.72. The molecule has 0 aliphatic rings. The number of aromatic nitrogens is 1. The lowest BCUT2D eigenvalue weighted by molar-refractivity contribution is 0.102. The van der Waals surface area contributed by atoms with Gasteiger partial charge in [0.05, 0.1) is 16.1 Å². The second-order valence-electron chi connectivity index (χ2n) is 3.89. The van der Waals surface area contributed by atoms with Gasteiger partial charge >= 0.3 is 0 Å². The summed E-state index contributed by atoms with van der Waals surface area (Å²) >= 11 is 9.11. The van der Waals surface area contributed by atoms with Crippen molar-refractivity contribution < 1.29 is 9.53 Å². The van der Waals surface area contributed by atoms with Crippen molar-refractivity contribution in [2.24, 2.45) is 0 Å². The van der Waals surface area contributed by atoms with Crippen LogP contribution >= 0.6 is 27.5 Å². The highest BCUT2D eigenvalue weighted by Crippen LogP contribution is 2.26. The van der Waals surface area contributed by atoms with Gasteiger partial charge in [0.2, 0.25) is 0 Å². The Morgan fingerprint density at radius 2 is 2.20 bits per heavy atom. The smallest absolute Gasteiger partial charge is 0.256 e. The van der Waals surface area contributed by atoms with Crippen LogP contribution < -0.4 is 10.1 Å². The molecule has 0 saturated heterocycles. The number of halogens is 2. The molecule has 1 aromatic carbocycles. The first-order valence-electron chi connectivity index (χ1n) is 5.95. The van der Waals surface area contributed by atoms with Crippen LogP contribution in [0, 0.1) is 0 Å². The van der Waals surface area contributed by atoms with Gasteiger partial charge in [-0.2, -0.15) is 0 Å². The molecule has 4 nitrogen and oxygen atoms in total. The Morgan fingerprint density at radius 1 is 1.40 bits per heavy atom. The number of amides is 1. The van der Waals surface area contributed by atoms with Gasteiger partial charge in [0, 0.05) is 11.8 Å². The fraction of sp³-hybridized carbons (Fsp3) is 0.143. The summed E-state index contributed by atoms with van der Waals surface area (Å²) in [7, 11) is 0. The number of rotatable bonds is 4. The van der Waals surface area contributed by atoms with Crippen LogP contribution in [0.4, 0.5) is 5.82 Å². The minimum absolute atomic E-state index is 0.247. The molecule has 0 atom stereocenters. The van der Waals surface area contributed by atoms with Crippen molar-refractivity contribution in [3.63, 3.8) is 0 Å². The highest BCUT2D eigenvalue weighted by Gasteiger charge is 2.10. The van der Waals surface area contributed by atoms with E-state index in [9.17, 15) is 4.79 Å². The van der Waals surface area contributed by atoms with E-state index >= 15 is 0 Å². The van der Waals surface area contributed by atoms with Crippen molar-refractivity contribution in [1.82, 2.24) is 4.98 Å². The van der Waals surface area contributed by atoms with Gasteiger partial charge in [0.15, 0.2) is 0 Å². The van der Waals surface area contributed by atoms with Crippen LogP contribution in [0.1, 0.15) is 17.3 Å². The SMILES string of the molecule is CCOc1ccc(C(=O)Nc2ccc(Cl)cn2)cc1Br. The van der Waals surface area contributed by atoms with Crippen LogP contribution in [-0.2, 0) is 0 Å². The number of carbonyl (C=O) groups excluding carboxylic acids is 1. The van der Waals surface area contributed by atoms with Gasteiger partial charge in [0.25, 0.3) is 5.91 Å². The lowest BCUT2D eigenvalue weighted by Crippen LogP contribution is -2.12. The number of hydrogen-bond acceptors (Lipinski definition) is 3. The summed E-state index contributed by atoms with van der Waals surface area (Å²) in [6.45, 7) is 2.47. The Morgan fingerprint density at radius 3 is 2.80 bits per heavy atom. The Labute approximate surface area is 130 Å². The van der Waals surface area contributed by atoms with Crippen molar-refractivity contribution in [2.45, 2.75) is 6.92 Å². The minimum Gasteiger partial charge on any atom is -0.493 e. The molecule has 20 heavy (non-hydrogen) atoms. The summed E-state index contributed by atoms with van der Waals surface area (Å²) in [5, 5.41) is 3.21. The average Bonchev–Trinajstić information content (AvgIpc) is 2.44. The van der Waals surface area contributed by atoms with Gasteiger partial charge in [-0.3, -0.25) is 4.79 Å². The Balaban J connectivity index is 2.13. The maximum atomic E-state index is 12.1. The predicted octanol–water partition coefficient (Wildman–Crippen LogP) is 4.15. The lowest BCUT2D eigenvalue weighted by atomic mass is 10.2. The summed E-state index contributed by atoms with van der Waals surface area (Å²) < 4.78 is 6.13. The average molecular weight is 356 g/mol. The van der Waals surface area contributed by atoms with Gasteiger partial charge in [-0.1, -0.05) is 11.6 Å². The fourth-order valence-corrected chi connectivity index (χ4v) is 2.16. The Hall–Kier alpha value is -1.59. The molecule has 1 amide bonds. The van der Waals surface area contributed by atoms with E-state index in [-0.39, 0.29) is 5.91 Å². The Kier molecular flexibility index (Phi) is 4.98. The number of benzene rings is 1. The van der Waals surface area contributed by atoms with E-state index in [1.807, 2.05) is 6.92 Å². The van der Waals surface area contributed by atoms with Gasteiger partial charge in [0.1, 0.15) is 11.6 Å². The molecule has 0 bridgehead atoms. The van der Waals surface area contributed by atoms with Crippen molar-refractivity contribution in [3.05, 3.63) is 51.6 Å². The number of anilines is 1. The van der Waals surface area contributed by atoms with Crippen LogP contribution in [0.3, 0.4) is 0 Å². The molecule has 0 unspecified atom stereocenters. The molecule has 2 aromatic rings. The molecule has 1 N–H and O–H groups in total. The van der Waals surface area contributed by atoms with Gasteiger partial charge in [-0.15, -0.1) is 0 Å². The maximum absolute atomic E-state index is 12.1. The third kappa shape index (κ3) is 3.71. The Bertz CT molecular complexity index is 617. The van der Waals surface area contributed by atoms with Crippen LogP contribution in [0.2, 0.25) is 5.02 Å². The highest BCUT2D eigenvalue weighted by atomic mass is 79.9. The van der Waals surface area contributed by atoms with Gasteiger partial charge in [-0.05, 0) is 53.2 Å². The lowest BCUT2D eigenvalue weighted by Gasteiger charge is -2.08. The summed E-state index contributed by atoms with van der Waals surface area (Å²) in [5.74, 6) is 0.904. The number of pyridine rings is 1. The molecule has 6 heteroatoms. The third-order valence-corrected chi connectivity index (χ3v) is 3.31. The minimum atomic E-state index is -0.247. The zero-order chi connectivity index (χ0) is 14.5. The largest absolute Gasteiger partial charge is 0.493 e. The van der Waals surface area contributed by atoms with Crippen LogP contribution in [0.15, 0.2) is 41.0 Å². The first-order chi connectivity index (χ1) is 9.60. The molecule has 0 fully saturated rings. The van der Waals surface area contributed by atoms with Crippen LogP contribution in [0.5, 0.6) is 5.75 Å². The zero-order valence-electron chi connectivity index (χ0n) is 10.7. The van der Waals surface area contributed by atoms with E-state index in [0.29, 0.717) is 28.8 Å². The molecule has 0 spiro atoms. The van der Waals surface area contributed by atoms with E-state index < -0.39 is 0 Å². The zero-order valence-corrected chi connectivity index (χ0v) is 13.0. The molecular formula is C14H12BrClN2O2. The summed E-state index contributed by atoms with van der Waals surface area (Å²) in [4.78, 5) is 16.1. The van der Waals surface area contributed by atoms with E-state index in [1.54, 1.807) is 30.3 Å². The van der Waals surface area contributed by atoms with Crippen molar-refractivity contribution in [3.8, 4) is 5.75 Å². The molecular weight excluding hydrogens is 344 g/mol. The summed E-state index contributed by atoms with van der Waals surface area (Å²) in [6, 6.07) is 8.46. The first-order valence-corrected chi connectivity index (χ1v) is 7.12. The summed E-state index contributed by atoms with van der Waals surface area (Å²) in [5.41, 5.74) is 0.511. The van der Waals surface area contributed by atoms with E-state index in [2.05, 4.69) is 26.2 Å². The number of hydrogen-bond donors (Lipinski definition) is 1. The van der Waals surface area contributed by atoms with Crippen molar-refractivity contribution >= 4 is 39.3 Å². The second-order valence-corrected chi connectivity index (χ2v) is 5.18. The molecule has 1 aromatic heterocycles. The van der Waals surface area contributed by atoms with Gasteiger partial charge < -0.3 is 10.1 Å². The molecule has 0 aliphatic heterocycles. The number of nitrogens with one attached hydrogen (secondary N) is 1. The topological polar surface area (TPSA) is 51.2 Å². The van der Waals surface area contributed by atoms with Gasteiger partial charge in [-0.25, -0.2) is 4.98 Å². The standard InChI is InChI=1S/C14H12BrClN2O2/c1-2-20-12-5-3-9(7-11(12)15)14(19)18-13-6-4-10(16)8-17-13/h3-8H,2H2,1H3,(H,17,18,19). The molecule has 0 aliphatic carbocycles. The molecule has 2 rings (SSSR count). The molecule has 0 radical (unpaired) electrons. The maximum Gasteiger partial charge on any atom is 0.256 e. The normalized spacial score (nSPS) is 10.2. The third-order valence-electron chi connectivity index (χ3n) is 2.46. The van der Waals surface area contributed by atoms with E-state index in [4.69, 9.17) is 16.3 Å². The predicted molar refractivity (Wildman–Crippen MR) is 82.5 cm³/mol.